The molecule has 98 valence electrons. The summed E-state index contributed by atoms with van der Waals surface area (Å²) >= 11 is 0. The van der Waals surface area contributed by atoms with Gasteiger partial charge in [0.1, 0.15) is 0 Å². The number of H-pyrrole nitrogens is 1. The van der Waals surface area contributed by atoms with Crippen LogP contribution in [0.3, 0.4) is 0 Å². The maximum Gasteiger partial charge on any atom is 0.344 e. The zero-order valence-electron chi connectivity index (χ0n) is 10.1. The smallest absolute Gasteiger partial charge is 0.344 e. The highest BCUT2D eigenvalue weighted by Crippen LogP contribution is 2.47. The molecule has 1 aliphatic carbocycles. The van der Waals surface area contributed by atoms with Gasteiger partial charge in [0.25, 0.3) is 5.88 Å². The molecule has 1 aliphatic rings. The van der Waals surface area contributed by atoms with E-state index in [0.29, 0.717) is 18.4 Å². The van der Waals surface area contributed by atoms with Crippen LogP contribution in [0.15, 0.2) is 39.9 Å². The molecular formula is C13H13N3O3. The molecule has 0 amide bonds. The van der Waals surface area contributed by atoms with Gasteiger partial charge < -0.3 is 5.11 Å². The van der Waals surface area contributed by atoms with E-state index in [-0.39, 0.29) is 0 Å². The second kappa shape index (κ2) is 4.38. The van der Waals surface area contributed by atoms with E-state index < -0.39 is 17.1 Å². The molecule has 19 heavy (non-hydrogen) atoms. The van der Waals surface area contributed by atoms with Crippen molar-refractivity contribution in [2.75, 3.05) is 0 Å². The van der Waals surface area contributed by atoms with Crippen LogP contribution >= 0.6 is 0 Å². The number of aromatic nitrogens is 3. The van der Waals surface area contributed by atoms with E-state index in [1.54, 1.807) is 0 Å². The van der Waals surface area contributed by atoms with E-state index in [1.165, 1.54) is 5.56 Å². The predicted octanol–water partition coefficient (Wildman–Crippen LogP) is 0.441. The zero-order chi connectivity index (χ0) is 13.4. The number of rotatable bonds is 3. The fraction of sp³-hybridized carbons (Fsp3) is 0.308. The molecule has 2 N–H and O–H groups in total. The summed E-state index contributed by atoms with van der Waals surface area (Å²) in [5.74, 6) is 0.0679. The first-order valence-corrected chi connectivity index (χ1v) is 6.10. The number of aromatic amines is 1. The van der Waals surface area contributed by atoms with Crippen LogP contribution in [0, 0.1) is 5.92 Å². The first kappa shape index (κ1) is 11.7. The van der Waals surface area contributed by atoms with Crippen molar-refractivity contribution in [1.82, 2.24) is 14.8 Å². The van der Waals surface area contributed by atoms with Crippen molar-refractivity contribution in [3.8, 4) is 5.88 Å². The summed E-state index contributed by atoms with van der Waals surface area (Å²) in [5, 5.41) is 12.8. The Morgan fingerprint density at radius 2 is 2.05 bits per heavy atom. The summed E-state index contributed by atoms with van der Waals surface area (Å²) in [4.78, 5) is 24.6. The SMILES string of the molecule is O=c1[nH]c(=O)n(C[C@@H]2C[C@H]2c2ccccc2)nc1O. The predicted molar refractivity (Wildman–Crippen MR) is 68.1 cm³/mol. The van der Waals surface area contributed by atoms with Gasteiger partial charge in [0.2, 0.25) is 0 Å². The Hall–Kier alpha value is -2.37. The molecule has 6 nitrogen and oxygen atoms in total. The Labute approximate surface area is 108 Å². The summed E-state index contributed by atoms with van der Waals surface area (Å²) in [5.41, 5.74) is -0.188. The molecule has 2 aromatic rings. The van der Waals surface area contributed by atoms with Gasteiger partial charge in [-0.2, -0.15) is 0 Å². The van der Waals surface area contributed by atoms with Gasteiger partial charge in [-0.25, -0.2) is 9.48 Å². The minimum absolute atomic E-state index is 0.318. The lowest BCUT2D eigenvalue weighted by Gasteiger charge is -2.03. The molecule has 1 saturated carbocycles. The molecule has 0 bridgehead atoms. The standard InChI is InChI=1S/C13H13N3O3/c17-11-12(18)15-16(13(19)14-11)7-9-6-10(9)8-4-2-1-3-5-8/h1-5,9-10H,6-7H2,(H,15,18)(H,14,17,19)/t9-,10-/m0/s1. The molecule has 1 aromatic heterocycles. The number of nitrogens with zero attached hydrogens (tertiary/aromatic N) is 2. The number of hydrogen-bond donors (Lipinski definition) is 2. The first-order valence-electron chi connectivity index (χ1n) is 6.10. The molecule has 6 heteroatoms. The van der Waals surface area contributed by atoms with Gasteiger partial charge in [-0.1, -0.05) is 30.3 Å². The highest BCUT2D eigenvalue weighted by Gasteiger charge is 2.38. The number of hydrogen-bond acceptors (Lipinski definition) is 4. The van der Waals surface area contributed by atoms with Crippen LogP contribution in [-0.2, 0) is 6.54 Å². The van der Waals surface area contributed by atoms with Crippen molar-refractivity contribution in [2.45, 2.75) is 18.9 Å². The van der Waals surface area contributed by atoms with E-state index in [9.17, 15) is 14.7 Å². The van der Waals surface area contributed by atoms with Crippen LogP contribution < -0.4 is 11.2 Å². The van der Waals surface area contributed by atoms with E-state index in [1.807, 2.05) is 23.2 Å². The Balaban J connectivity index is 1.77. The van der Waals surface area contributed by atoms with Gasteiger partial charge in [0.15, 0.2) is 0 Å². The Bertz CT molecular complexity index is 705. The number of nitrogens with one attached hydrogen (secondary N) is 1. The maximum atomic E-state index is 11.5. The molecule has 0 unspecified atom stereocenters. The fourth-order valence-corrected chi connectivity index (χ4v) is 2.33. The molecule has 0 spiro atoms. The zero-order valence-corrected chi connectivity index (χ0v) is 10.1. The summed E-state index contributed by atoms with van der Waals surface area (Å²) in [7, 11) is 0. The second-order valence-electron chi connectivity index (χ2n) is 4.78. The average Bonchev–Trinajstić information content (AvgIpc) is 3.16. The highest BCUT2D eigenvalue weighted by atomic mass is 16.3. The Morgan fingerprint density at radius 1 is 1.32 bits per heavy atom. The van der Waals surface area contributed by atoms with Gasteiger partial charge >= 0.3 is 11.2 Å². The van der Waals surface area contributed by atoms with Crippen molar-refractivity contribution >= 4 is 0 Å². The van der Waals surface area contributed by atoms with E-state index in [0.717, 1.165) is 11.1 Å². The monoisotopic (exact) mass is 259 g/mol. The van der Waals surface area contributed by atoms with Crippen LogP contribution in [0.1, 0.15) is 17.9 Å². The quantitative estimate of drug-likeness (QED) is 0.837. The maximum absolute atomic E-state index is 11.5. The lowest BCUT2D eigenvalue weighted by Crippen LogP contribution is -2.32. The number of aromatic hydroxyl groups is 1. The second-order valence-corrected chi connectivity index (χ2v) is 4.78. The van der Waals surface area contributed by atoms with Gasteiger partial charge in [0, 0.05) is 6.54 Å². The van der Waals surface area contributed by atoms with E-state index >= 15 is 0 Å². The van der Waals surface area contributed by atoms with Crippen molar-refractivity contribution in [3.63, 3.8) is 0 Å². The molecule has 1 heterocycles. The summed E-state index contributed by atoms with van der Waals surface area (Å²) in [6.45, 7) is 0.405. The lowest BCUT2D eigenvalue weighted by molar-refractivity contribution is 0.394. The van der Waals surface area contributed by atoms with Crippen molar-refractivity contribution in [3.05, 3.63) is 56.7 Å². The van der Waals surface area contributed by atoms with Gasteiger partial charge in [-0.15, -0.1) is 5.10 Å². The largest absolute Gasteiger partial charge is 0.488 e. The van der Waals surface area contributed by atoms with E-state index in [2.05, 4.69) is 17.2 Å². The molecular weight excluding hydrogens is 246 g/mol. The van der Waals surface area contributed by atoms with Crippen LogP contribution in [-0.4, -0.2) is 19.9 Å². The topological polar surface area (TPSA) is 88.0 Å². The van der Waals surface area contributed by atoms with E-state index in [4.69, 9.17) is 0 Å². The third-order valence-electron chi connectivity index (χ3n) is 3.43. The Morgan fingerprint density at radius 3 is 2.79 bits per heavy atom. The first-order chi connectivity index (χ1) is 9.15. The molecule has 0 radical (unpaired) electrons. The minimum Gasteiger partial charge on any atom is -0.488 e. The lowest BCUT2D eigenvalue weighted by atomic mass is 10.1. The summed E-state index contributed by atoms with van der Waals surface area (Å²) in [6.07, 6.45) is 0.984. The third kappa shape index (κ3) is 2.29. The minimum atomic E-state index is -0.850. The van der Waals surface area contributed by atoms with Crippen LogP contribution in [0.5, 0.6) is 5.88 Å². The van der Waals surface area contributed by atoms with Gasteiger partial charge in [0.05, 0.1) is 0 Å². The molecule has 0 aliphatic heterocycles. The van der Waals surface area contributed by atoms with Gasteiger partial charge in [-0.05, 0) is 23.8 Å². The highest BCUT2D eigenvalue weighted by molar-refractivity contribution is 5.25. The third-order valence-corrected chi connectivity index (χ3v) is 3.43. The Kier molecular flexibility index (Phi) is 2.70. The van der Waals surface area contributed by atoms with Crippen LogP contribution in [0.25, 0.3) is 0 Å². The number of benzene rings is 1. The molecule has 3 rings (SSSR count). The van der Waals surface area contributed by atoms with Crippen LogP contribution in [0.4, 0.5) is 0 Å². The summed E-state index contributed by atoms with van der Waals surface area (Å²) in [6, 6.07) is 10.1. The van der Waals surface area contributed by atoms with Crippen molar-refractivity contribution in [2.24, 2.45) is 5.92 Å². The van der Waals surface area contributed by atoms with Crippen molar-refractivity contribution < 1.29 is 5.11 Å². The van der Waals surface area contributed by atoms with Crippen molar-refractivity contribution in [1.29, 1.82) is 0 Å². The molecule has 0 saturated heterocycles. The summed E-state index contributed by atoms with van der Waals surface area (Å²) < 4.78 is 1.12. The fourth-order valence-electron chi connectivity index (χ4n) is 2.33. The van der Waals surface area contributed by atoms with Crippen LogP contribution in [0.2, 0.25) is 0 Å². The average molecular weight is 259 g/mol. The van der Waals surface area contributed by atoms with Gasteiger partial charge in [-0.3, -0.25) is 9.78 Å². The molecule has 1 aromatic carbocycles. The normalized spacial score (nSPS) is 21.3. The molecule has 2 atom stereocenters. The molecule has 1 fully saturated rings.